The van der Waals surface area contributed by atoms with Crippen molar-refractivity contribution in [2.24, 2.45) is 0 Å². The van der Waals surface area contributed by atoms with Gasteiger partial charge in [0.05, 0.1) is 12.0 Å². The largest absolute Gasteiger partial charge is 0.468 e. The molecule has 2 rings (SSSR count). The van der Waals surface area contributed by atoms with Crippen LogP contribution in [0.3, 0.4) is 0 Å². The van der Waals surface area contributed by atoms with Crippen molar-refractivity contribution >= 4 is 35.0 Å². The molecule has 0 radical (unpaired) electrons. The summed E-state index contributed by atoms with van der Waals surface area (Å²) in [6.45, 7) is 0.719. The molecular weight excluding hydrogens is 322 g/mol. The van der Waals surface area contributed by atoms with E-state index in [4.69, 9.17) is 4.74 Å². The van der Waals surface area contributed by atoms with Crippen LogP contribution >= 0.6 is 11.8 Å². The molecule has 8 nitrogen and oxygen atoms in total. The minimum atomic E-state index is -0.536. The molecule has 1 heterocycles. The number of nitrogens with one attached hydrogen (secondary N) is 1. The minimum Gasteiger partial charge on any atom is -0.468 e. The first-order chi connectivity index (χ1) is 11.0. The van der Waals surface area contributed by atoms with Crippen molar-refractivity contribution in [2.75, 3.05) is 38.3 Å². The normalized spacial score (nSPS) is 17.5. The third-order valence-corrected chi connectivity index (χ3v) is 4.69. The minimum absolute atomic E-state index is 0.158. The molecule has 0 bridgehead atoms. The average molecular weight is 339 g/mol. The van der Waals surface area contributed by atoms with Gasteiger partial charge in [-0.25, -0.2) is 0 Å². The molecule has 0 unspecified atom stereocenters. The lowest BCUT2D eigenvalue weighted by atomic mass is 10.1. The second-order valence-corrected chi connectivity index (χ2v) is 6.18. The fourth-order valence-electron chi connectivity index (χ4n) is 2.32. The number of ether oxygens (including phenoxy) is 1. The average Bonchev–Trinajstić information content (AvgIpc) is 2.59. The van der Waals surface area contributed by atoms with Crippen molar-refractivity contribution in [3.05, 3.63) is 33.9 Å². The lowest BCUT2D eigenvalue weighted by Gasteiger charge is -2.31. The zero-order chi connectivity index (χ0) is 17.0. The second kappa shape index (κ2) is 7.32. The molecule has 1 amide bonds. The van der Waals surface area contributed by atoms with Gasteiger partial charge in [0.1, 0.15) is 10.9 Å². The number of methoxy groups -OCH3 is 1. The van der Waals surface area contributed by atoms with Gasteiger partial charge in [0.15, 0.2) is 0 Å². The highest BCUT2D eigenvalue weighted by molar-refractivity contribution is 8.00. The zero-order valence-electron chi connectivity index (χ0n) is 12.8. The highest BCUT2D eigenvalue weighted by atomic mass is 32.2. The predicted octanol–water partition coefficient (Wildman–Crippen LogP) is 1.37. The van der Waals surface area contributed by atoms with Crippen molar-refractivity contribution in [3.8, 4) is 0 Å². The maximum atomic E-state index is 12.6. The highest BCUT2D eigenvalue weighted by Gasteiger charge is 2.30. The van der Waals surface area contributed by atoms with Gasteiger partial charge in [0.25, 0.3) is 11.6 Å². The number of nitro groups is 1. The summed E-state index contributed by atoms with van der Waals surface area (Å²) in [5, 5.41) is 13.4. The van der Waals surface area contributed by atoms with Crippen LogP contribution in [0, 0.1) is 10.1 Å². The number of hydrogen-bond acceptors (Lipinski definition) is 7. The Balaban J connectivity index is 2.21. The number of carbonyl (C=O) groups excluding carboxylic acids is 2. The third-order valence-electron chi connectivity index (χ3n) is 3.53. The van der Waals surface area contributed by atoms with Crippen LogP contribution in [0.4, 0.5) is 11.4 Å². The smallest absolute Gasteiger partial charge is 0.320 e. The van der Waals surface area contributed by atoms with E-state index in [1.807, 2.05) is 0 Å². The van der Waals surface area contributed by atoms with E-state index in [9.17, 15) is 19.7 Å². The Morgan fingerprint density at radius 2 is 2.22 bits per heavy atom. The van der Waals surface area contributed by atoms with Crippen LogP contribution in [0.5, 0.6) is 0 Å². The van der Waals surface area contributed by atoms with Gasteiger partial charge in [-0.1, -0.05) is 0 Å². The number of esters is 1. The molecule has 1 saturated heterocycles. The molecule has 124 valence electrons. The van der Waals surface area contributed by atoms with E-state index in [-0.39, 0.29) is 29.7 Å². The molecule has 1 aliphatic rings. The van der Waals surface area contributed by atoms with Gasteiger partial charge in [-0.05, 0) is 12.1 Å². The molecule has 0 saturated carbocycles. The summed E-state index contributed by atoms with van der Waals surface area (Å²) in [6.07, 6.45) is 0. The van der Waals surface area contributed by atoms with E-state index < -0.39 is 10.2 Å². The number of nitro benzene ring substituents is 1. The monoisotopic (exact) mass is 339 g/mol. The SMILES string of the molecule is CNc1ccc(C(=O)N2CCS[C@H](C(=O)OC)C2)cc1[N+](=O)[O-]. The lowest BCUT2D eigenvalue weighted by molar-refractivity contribution is -0.384. The highest BCUT2D eigenvalue weighted by Crippen LogP contribution is 2.27. The molecule has 1 atom stereocenters. The molecule has 1 aliphatic heterocycles. The van der Waals surface area contributed by atoms with Gasteiger partial charge >= 0.3 is 5.97 Å². The van der Waals surface area contributed by atoms with E-state index in [1.54, 1.807) is 7.05 Å². The van der Waals surface area contributed by atoms with Crippen molar-refractivity contribution < 1.29 is 19.2 Å². The molecule has 0 spiro atoms. The van der Waals surface area contributed by atoms with Gasteiger partial charge in [-0.2, -0.15) is 0 Å². The standard InChI is InChI=1S/C14H17N3O5S/c1-15-10-4-3-9(7-11(10)17(20)21)13(18)16-5-6-23-12(8-16)14(19)22-2/h3-4,7,12,15H,5-6,8H2,1-2H3/t12-/m0/s1. The summed E-state index contributed by atoms with van der Waals surface area (Å²) in [5.41, 5.74) is 0.411. The fourth-order valence-corrected chi connectivity index (χ4v) is 3.45. The van der Waals surface area contributed by atoms with Crippen LogP contribution in [0.25, 0.3) is 0 Å². The Hall–Kier alpha value is -2.29. The Labute approximate surface area is 137 Å². The van der Waals surface area contributed by atoms with Gasteiger partial charge in [-0.3, -0.25) is 19.7 Å². The second-order valence-electron chi connectivity index (χ2n) is 4.87. The number of thioether (sulfide) groups is 1. The molecule has 1 fully saturated rings. The summed E-state index contributed by atoms with van der Waals surface area (Å²) in [7, 11) is 2.89. The van der Waals surface area contributed by atoms with Gasteiger partial charge in [0, 0.05) is 37.5 Å². The first-order valence-corrected chi connectivity index (χ1v) is 7.97. The number of rotatable bonds is 4. The predicted molar refractivity (Wildman–Crippen MR) is 86.8 cm³/mol. The third kappa shape index (κ3) is 3.73. The topological polar surface area (TPSA) is 102 Å². The van der Waals surface area contributed by atoms with Crippen LogP contribution in [-0.2, 0) is 9.53 Å². The molecule has 1 aromatic carbocycles. The van der Waals surface area contributed by atoms with E-state index in [2.05, 4.69) is 5.32 Å². The fraction of sp³-hybridized carbons (Fsp3) is 0.429. The van der Waals surface area contributed by atoms with E-state index >= 15 is 0 Å². The molecular formula is C14H17N3O5S. The Morgan fingerprint density at radius 3 is 2.83 bits per heavy atom. The number of amides is 1. The molecule has 0 aromatic heterocycles. The van der Waals surface area contributed by atoms with Gasteiger partial charge in [-0.15, -0.1) is 11.8 Å². The van der Waals surface area contributed by atoms with Crippen LogP contribution in [-0.4, -0.2) is 59.9 Å². The number of benzene rings is 1. The van der Waals surface area contributed by atoms with Crippen LogP contribution in [0.15, 0.2) is 18.2 Å². The summed E-state index contributed by atoms with van der Waals surface area (Å²) in [4.78, 5) is 36.2. The summed E-state index contributed by atoms with van der Waals surface area (Å²) in [6, 6.07) is 4.29. The van der Waals surface area contributed by atoms with Crippen molar-refractivity contribution in [1.82, 2.24) is 4.90 Å². The maximum Gasteiger partial charge on any atom is 0.320 e. The number of carbonyl (C=O) groups is 2. The molecule has 0 aliphatic carbocycles. The molecule has 23 heavy (non-hydrogen) atoms. The van der Waals surface area contributed by atoms with Crippen LogP contribution in [0.1, 0.15) is 10.4 Å². The molecule has 1 N–H and O–H groups in total. The van der Waals surface area contributed by atoms with Crippen LogP contribution < -0.4 is 5.32 Å². The Bertz CT molecular complexity index is 637. The first kappa shape index (κ1) is 17.1. The Morgan fingerprint density at radius 1 is 1.48 bits per heavy atom. The summed E-state index contributed by atoms with van der Waals surface area (Å²) < 4.78 is 4.71. The van der Waals surface area contributed by atoms with Crippen molar-refractivity contribution in [1.29, 1.82) is 0 Å². The van der Waals surface area contributed by atoms with E-state index in [1.165, 1.54) is 42.0 Å². The summed E-state index contributed by atoms with van der Waals surface area (Å²) >= 11 is 1.44. The van der Waals surface area contributed by atoms with E-state index in [0.29, 0.717) is 18.0 Å². The van der Waals surface area contributed by atoms with E-state index in [0.717, 1.165) is 0 Å². The number of nitrogens with zero attached hydrogens (tertiary/aromatic N) is 2. The Kier molecular flexibility index (Phi) is 5.43. The molecule has 9 heteroatoms. The first-order valence-electron chi connectivity index (χ1n) is 6.92. The maximum absolute atomic E-state index is 12.6. The zero-order valence-corrected chi connectivity index (χ0v) is 13.6. The van der Waals surface area contributed by atoms with Crippen molar-refractivity contribution in [2.45, 2.75) is 5.25 Å². The lowest BCUT2D eigenvalue weighted by Crippen LogP contribution is -2.44. The molecule has 1 aromatic rings. The quantitative estimate of drug-likeness (QED) is 0.502. The number of anilines is 1. The van der Waals surface area contributed by atoms with Gasteiger partial charge in [0.2, 0.25) is 0 Å². The van der Waals surface area contributed by atoms with Crippen LogP contribution in [0.2, 0.25) is 0 Å². The van der Waals surface area contributed by atoms with Crippen molar-refractivity contribution in [3.63, 3.8) is 0 Å². The van der Waals surface area contributed by atoms with Gasteiger partial charge < -0.3 is 15.0 Å². The summed E-state index contributed by atoms with van der Waals surface area (Å²) in [5.74, 6) is -0.0867. The number of hydrogen-bond donors (Lipinski definition) is 1.